The molecule has 0 unspecified atom stereocenters. The van der Waals surface area contributed by atoms with Crippen molar-refractivity contribution in [2.45, 2.75) is 17.5 Å². The molecular weight excluding hydrogens is 354 g/mol. The topological polar surface area (TPSA) is 53.1 Å². The van der Waals surface area contributed by atoms with Gasteiger partial charge in [-0.2, -0.15) is 0 Å². The summed E-state index contributed by atoms with van der Waals surface area (Å²) < 4.78 is 13.0. The highest BCUT2D eigenvalue weighted by molar-refractivity contribution is 7.98. The van der Waals surface area contributed by atoms with Gasteiger partial charge >= 0.3 is 0 Å². The number of methoxy groups -OCH3 is 1. The number of oxazole rings is 1. The van der Waals surface area contributed by atoms with Crippen LogP contribution in [0.15, 0.2) is 57.6 Å². The molecule has 25 heavy (non-hydrogen) atoms. The molecule has 0 atom stereocenters. The summed E-state index contributed by atoms with van der Waals surface area (Å²) in [5.41, 5.74) is 3.04. The second-order valence-electron chi connectivity index (χ2n) is 5.44. The monoisotopic (exact) mass is 371 g/mol. The number of thioether (sulfide) groups is 1. The molecule has 3 heterocycles. The van der Waals surface area contributed by atoms with Crippen molar-refractivity contribution >= 4 is 34.1 Å². The number of hydrogen-bond acceptors (Lipinski definition) is 6. The molecular formula is C18H17N3O2S2. The predicted octanol–water partition coefficient (Wildman–Crippen LogP) is 4.69. The van der Waals surface area contributed by atoms with E-state index in [0.29, 0.717) is 18.3 Å². The fraction of sp³-hybridized carbons (Fsp3) is 0.222. The molecule has 1 aromatic carbocycles. The zero-order valence-corrected chi connectivity index (χ0v) is 15.3. The summed E-state index contributed by atoms with van der Waals surface area (Å²) in [5.74, 6) is 1.39. The van der Waals surface area contributed by atoms with Gasteiger partial charge in [-0.3, -0.25) is 0 Å². The van der Waals surface area contributed by atoms with Gasteiger partial charge < -0.3 is 13.7 Å². The third-order valence-electron chi connectivity index (χ3n) is 3.77. The summed E-state index contributed by atoms with van der Waals surface area (Å²) in [6, 6.07) is 12.2. The largest absolute Gasteiger partial charge is 0.444 e. The minimum Gasteiger partial charge on any atom is -0.444 e. The number of para-hydroxylation sites is 2. The Hall–Kier alpha value is -2.09. The first-order chi connectivity index (χ1) is 12.3. The molecule has 0 aliphatic rings. The average Bonchev–Trinajstić information content (AvgIpc) is 3.36. The number of imidazole rings is 1. The Morgan fingerprint density at radius 1 is 1.20 bits per heavy atom. The van der Waals surface area contributed by atoms with Crippen molar-refractivity contribution in [3.63, 3.8) is 0 Å². The van der Waals surface area contributed by atoms with E-state index in [9.17, 15) is 0 Å². The Bertz CT molecular complexity index is 960. The molecule has 128 valence electrons. The van der Waals surface area contributed by atoms with Crippen molar-refractivity contribution in [2.75, 3.05) is 13.7 Å². The highest BCUT2D eigenvalue weighted by Crippen LogP contribution is 2.29. The van der Waals surface area contributed by atoms with E-state index in [1.165, 1.54) is 0 Å². The molecule has 4 aromatic rings. The number of rotatable bonds is 7. The average molecular weight is 371 g/mol. The van der Waals surface area contributed by atoms with Crippen LogP contribution >= 0.6 is 23.1 Å². The number of thiophene rings is 1. The van der Waals surface area contributed by atoms with Gasteiger partial charge in [-0.05, 0) is 23.6 Å². The maximum Gasteiger partial charge on any atom is 0.236 e. The van der Waals surface area contributed by atoms with E-state index in [1.807, 2.05) is 35.7 Å². The van der Waals surface area contributed by atoms with Gasteiger partial charge in [-0.1, -0.05) is 30.0 Å². The fourth-order valence-electron chi connectivity index (χ4n) is 2.59. The molecule has 0 spiro atoms. The normalized spacial score (nSPS) is 11.4. The maximum absolute atomic E-state index is 5.59. The van der Waals surface area contributed by atoms with E-state index in [0.717, 1.165) is 33.3 Å². The Kier molecular flexibility index (Phi) is 4.87. The summed E-state index contributed by atoms with van der Waals surface area (Å²) in [6.07, 6.45) is 1.73. The Balaban J connectivity index is 1.54. The second-order valence-corrected chi connectivity index (χ2v) is 7.33. The van der Waals surface area contributed by atoms with Crippen molar-refractivity contribution < 1.29 is 9.15 Å². The minimum atomic E-state index is 0.653. The first-order valence-corrected chi connectivity index (χ1v) is 9.77. The van der Waals surface area contributed by atoms with E-state index in [4.69, 9.17) is 14.1 Å². The highest BCUT2D eigenvalue weighted by Gasteiger charge is 2.13. The SMILES string of the molecule is COCCn1c(SCc2coc(-c3cccs3)n2)nc2ccccc21. The molecule has 0 aliphatic carbocycles. The van der Waals surface area contributed by atoms with E-state index in [2.05, 4.69) is 15.6 Å². The number of hydrogen-bond donors (Lipinski definition) is 0. The smallest absolute Gasteiger partial charge is 0.236 e. The molecule has 3 aromatic heterocycles. The van der Waals surface area contributed by atoms with Crippen LogP contribution in [0.3, 0.4) is 0 Å². The van der Waals surface area contributed by atoms with E-state index in [-0.39, 0.29) is 0 Å². The summed E-state index contributed by atoms with van der Waals surface area (Å²) >= 11 is 3.29. The zero-order chi connectivity index (χ0) is 17.1. The molecule has 0 bridgehead atoms. The fourth-order valence-corrected chi connectivity index (χ4v) is 4.16. The lowest BCUT2D eigenvalue weighted by atomic mass is 10.3. The van der Waals surface area contributed by atoms with E-state index < -0.39 is 0 Å². The van der Waals surface area contributed by atoms with Gasteiger partial charge in [0.25, 0.3) is 0 Å². The molecule has 5 nitrogen and oxygen atoms in total. The molecule has 4 rings (SSSR count). The van der Waals surface area contributed by atoms with Crippen LogP contribution in [0, 0.1) is 0 Å². The van der Waals surface area contributed by atoms with Crippen LogP contribution in [-0.4, -0.2) is 28.3 Å². The number of aromatic nitrogens is 3. The van der Waals surface area contributed by atoms with Gasteiger partial charge in [0.1, 0.15) is 6.26 Å². The van der Waals surface area contributed by atoms with Gasteiger partial charge in [0, 0.05) is 19.4 Å². The molecule has 0 saturated heterocycles. The van der Waals surface area contributed by atoms with Gasteiger partial charge in [-0.25, -0.2) is 9.97 Å². The first kappa shape index (κ1) is 16.4. The lowest BCUT2D eigenvalue weighted by molar-refractivity contribution is 0.186. The Labute approximate surface area is 153 Å². The van der Waals surface area contributed by atoms with Crippen LogP contribution in [-0.2, 0) is 17.0 Å². The van der Waals surface area contributed by atoms with Crippen molar-refractivity contribution in [3.8, 4) is 10.8 Å². The lowest BCUT2D eigenvalue weighted by Crippen LogP contribution is -2.05. The van der Waals surface area contributed by atoms with E-state index >= 15 is 0 Å². The summed E-state index contributed by atoms with van der Waals surface area (Å²) in [6.45, 7) is 1.43. The van der Waals surface area contributed by atoms with Crippen molar-refractivity contribution in [1.29, 1.82) is 0 Å². The third kappa shape index (κ3) is 3.49. The molecule has 0 fully saturated rings. The van der Waals surface area contributed by atoms with Crippen LogP contribution in [0.4, 0.5) is 0 Å². The molecule has 0 N–H and O–H groups in total. The standard InChI is InChI=1S/C18H17N3O2S2/c1-22-9-8-21-15-6-3-2-5-14(15)20-18(21)25-12-13-11-23-17(19-13)16-7-4-10-24-16/h2-7,10-11H,8-9,12H2,1H3. The summed E-state index contributed by atoms with van der Waals surface area (Å²) in [4.78, 5) is 10.4. The number of nitrogens with zero attached hydrogens (tertiary/aromatic N) is 3. The molecule has 0 amide bonds. The van der Waals surface area contributed by atoms with Gasteiger partial charge in [0.05, 0.1) is 28.2 Å². The zero-order valence-electron chi connectivity index (χ0n) is 13.7. The maximum atomic E-state index is 5.59. The van der Waals surface area contributed by atoms with Gasteiger partial charge in [0.2, 0.25) is 5.89 Å². The predicted molar refractivity (Wildman–Crippen MR) is 101 cm³/mol. The molecule has 0 aliphatic heterocycles. The summed E-state index contributed by atoms with van der Waals surface area (Å²) in [5, 5.41) is 2.99. The Morgan fingerprint density at radius 3 is 2.96 bits per heavy atom. The van der Waals surface area contributed by atoms with Crippen LogP contribution < -0.4 is 0 Å². The lowest BCUT2D eigenvalue weighted by Gasteiger charge is -2.07. The van der Waals surface area contributed by atoms with Crippen LogP contribution in [0.2, 0.25) is 0 Å². The van der Waals surface area contributed by atoms with Crippen molar-refractivity contribution in [2.24, 2.45) is 0 Å². The van der Waals surface area contributed by atoms with Crippen molar-refractivity contribution in [1.82, 2.24) is 14.5 Å². The number of fused-ring (bicyclic) bond motifs is 1. The quantitative estimate of drug-likeness (QED) is 0.441. The number of ether oxygens (including phenoxy) is 1. The van der Waals surface area contributed by atoms with E-state index in [1.54, 1.807) is 36.5 Å². The van der Waals surface area contributed by atoms with Gasteiger partial charge in [-0.15, -0.1) is 11.3 Å². The van der Waals surface area contributed by atoms with Crippen LogP contribution in [0.5, 0.6) is 0 Å². The number of benzene rings is 1. The minimum absolute atomic E-state index is 0.653. The molecule has 0 radical (unpaired) electrons. The van der Waals surface area contributed by atoms with Gasteiger partial charge in [0.15, 0.2) is 5.16 Å². The third-order valence-corrected chi connectivity index (χ3v) is 5.64. The summed E-state index contributed by atoms with van der Waals surface area (Å²) in [7, 11) is 1.72. The van der Waals surface area contributed by atoms with Crippen molar-refractivity contribution in [3.05, 3.63) is 53.7 Å². The molecule has 7 heteroatoms. The van der Waals surface area contributed by atoms with Crippen LogP contribution in [0.1, 0.15) is 5.69 Å². The second kappa shape index (κ2) is 7.43. The van der Waals surface area contributed by atoms with Crippen LogP contribution in [0.25, 0.3) is 21.8 Å². The molecule has 0 saturated carbocycles. The highest BCUT2D eigenvalue weighted by atomic mass is 32.2. The Morgan fingerprint density at radius 2 is 2.12 bits per heavy atom. The first-order valence-electron chi connectivity index (χ1n) is 7.90.